The molecule has 0 fully saturated rings. The smallest absolute Gasteiger partial charge is 0.306 e. The molecule has 0 rings (SSSR count). The highest BCUT2D eigenvalue weighted by atomic mass is 16.6. The van der Waals surface area contributed by atoms with E-state index in [0.29, 0.717) is 19.3 Å². The molecule has 0 spiro atoms. The molecule has 0 unspecified atom stereocenters. The largest absolute Gasteiger partial charge is 0.462 e. The molecule has 6 nitrogen and oxygen atoms in total. The number of rotatable bonds is 56. The molecule has 404 valence electrons. The van der Waals surface area contributed by atoms with Crippen LogP contribution in [0, 0.1) is 11.8 Å². The molecule has 0 aliphatic rings. The molecule has 0 aromatic rings. The van der Waals surface area contributed by atoms with Crippen LogP contribution in [0.1, 0.15) is 349 Å². The van der Waals surface area contributed by atoms with E-state index in [4.69, 9.17) is 14.2 Å². The van der Waals surface area contributed by atoms with Gasteiger partial charge in [0.2, 0.25) is 0 Å². The average Bonchev–Trinajstić information content (AvgIpc) is 3.31. The van der Waals surface area contributed by atoms with Gasteiger partial charge in [-0.15, -0.1) is 0 Å². The van der Waals surface area contributed by atoms with E-state index in [9.17, 15) is 14.4 Å². The maximum absolute atomic E-state index is 12.9. The Morgan fingerprint density at radius 1 is 0.279 bits per heavy atom. The van der Waals surface area contributed by atoms with Crippen molar-refractivity contribution in [3.05, 3.63) is 0 Å². The standard InChI is InChI=1S/C62H120O6/c1-6-7-8-9-10-11-12-13-21-27-32-37-42-47-52-60(63)66-55-59(68-62(65)54-49-44-39-34-29-24-23-26-31-36-41-46-51-58(4)5)56-67-61(64)53-48-43-38-33-28-22-19-17-15-14-16-18-20-25-30-35-40-45-50-57(2)3/h57-59H,6-56H2,1-5H3/t59-/m1/s1. The van der Waals surface area contributed by atoms with Gasteiger partial charge < -0.3 is 14.2 Å². The summed E-state index contributed by atoms with van der Waals surface area (Å²) in [6.45, 7) is 11.4. The molecule has 0 amide bonds. The fraction of sp³-hybridized carbons (Fsp3) is 0.952. The van der Waals surface area contributed by atoms with Crippen LogP contribution in [-0.2, 0) is 28.6 Å². The first kappa shape index (κ1) is 66.4. The topological polar surface area (TPSA) is 78.9 Å². The summed E-state index contributed by atoms with van der Waals surface area (Å²) < 4.78 is 16.9. The van der Waals surface area contributed by atoms with Crippen molar-refractivity contribution in [3.63, 3.8) is 0 Å². The number of carbonyl (C=O) groups is 3. The lowest BCUT2D eigenvalue weighted by molar-refractivity contribution is -0.167. The molecular formula is C62H120O6. The Balaban J connectivity index is 4.25. The van der Waals surface area contributed by atoms with Crippen molar-refractivity contribution in [2.24, 2.45) is 11.8 Å². The lowest BCUT2D eigenvalue weighted by Crippen LogP contribution is -2.30. The molecule has 0 heterocycles. The molecule has 0 bridgehead atoms. The number of carbonyl (C=O) groups excluding carboxylic acids is 3. The molecule has 0 aromatic heterocycles. The summed E-state index contributed by atoms with van der Waals surface area (Å²) in [5.41, 5.74) is 0. The van der Waals surface area contributed by atoms with Gasteiger partial charge in [-0.05, 0) is 31.1 Å². The van der Waals surface area contributed by atoms with Crippen molar-refractivity contribution in [1.82, 2.24) is 0 Å². The minimum absolute atomic E-state index is 0.0622. The minimum atomic E-state index is -0.763. The first-order valence-electron chi connectivity index (χ1n) is 30.7. The van der Waals surface area contributed by atoms with E-state index in [1.54, 1.807) is 0 Å². The quantitative estimate of drug-likeness (QED) is 0.0343. The van der Waals surface area contributed by atoms with Crippen molar-refractivity contribution in [2.75, 3.05) is 13.2 Å². The van der Waals surface area contributed by atoms with Crippen LogP contribution >= 0.6 is 0 Å². The zero-order chi connectivity index (χ0) is 49.6. The average molecular weight is 962 g/mol. The normalized spacial score (nSPS) is 12.0. The maximum Gasteiger partial charge on any atom is 0.306 e. The minimum Gasteiger partial charge on any atom is -0.462 e. The zero-order valence-electron chi connectivity index (χ0n) is 46.7. The highest BCUT2D eigenvalue weighted by Crippen LogP contribution is 2.19. The van der Waals surface area contributed by atoms with Crippen LogP contribution in [0.4, 0.5) is 0 Å². The van der Waals surface area contributed by atoms with Gasteiger partial charge in [-0.3, -0.25) is 14.4 Å². The highest BCUT2D eigenvalue weighted by molar-refractivity contribution is 5.71. The second kappa shape index (κ2) is 54.7. The Morgan fingerprint density at radius 2 is 0.485 bits per heavy atom. The molecule has 0 aliphatic carbocycles. The van der Waals surface area contributed by atoms with E-state index in [-0.39, 0.29) is 31.1 Å². The summed E-state index contributed by atoms with van der Waals surface area (Å²) >= 11 is 0. The monoisotopic (exact) mass is 961 g/mol. The molecule has 0 saturated heterocycles. The molecule has 0 radical (unpaired) electrons. The Kier molecular flexibility index (Phi) is 53.5. The van der Waals surface area contributed by atoms with Gasteiger partial charge in [-0.1, -0.05) is 311 Å². The van der Waals surface area contributed by atoms with E-state index >= 15 is 0 Å². The highest BCUT2D eigenvalue weighted by Gasteiger charge is 2.19. The molecule has 0 aromatic carbocycles. The van der Waals surface area contributed by atoms with Gasteiger partial charge in [0.25, 0.3) is 0 Å². The van der Waals surface area contributed by atoms with Crippen molar-refractivity contribution in [1.29, 1.82) is 0 Å². The second-order valence-corrected chi connectivity index (χ2v) is 22.3. The predicted molar refractivity (Wildman–Crippen MR) is 293 cm³/mol. The number of ether oxygens (including phenoxy) is 3. The van der Waals surface area contributed by atoms with Crippen molar-refractivity contribution in [2.45, 2.75) is 355 Å². The number of esters is 3. The van der Waals surface area contributed by atoms with Crippen LogP contribution in [0.25, 0.3) is 0 Å². The van der Waals surface area contributed by atoms with E-state index in [0.717, 1.165) is 69.6 Å². The maximum atomic E-state index is 12.9. The summed E-state index contributed by atoms with van der Waals surface area (Å²) in [6, 6.07) is 0. The van der Waals surface area contributed by atoms with Crippen molar-refractivity contribution in [3.8, 4) is 0 Å². The Hall–Kier alpha value is -1.59. The number of unbranched alkanes of at least 4 members (excludes halogenated alkanes) is 41. The SMILES string of the molecule is CCCCCCCCCCCCCCCCC(=O)OC[C@H](COC(=O)CCCCCCCCCCCCCCCCCCCCC(C)C)OC(=O)CCCCCCCCCCCCCCC(C)C. The van der Waals surface area contributed by atoms with Gasteiger partial charge in [0, 0.05) is 19.3 Å². The molecule has 0 N–H and O–H groups in total. The number of hydrogen-bond donors (Lipinski definition) is 0. The van der Waals surface area contributed by atoms with Crippen molar-refractivity contribution < 1.29 is 28.6 Å². The molecule has 68 heavy (non-hydrogen) atoms. The summed E-state index contributed by atoms with van der Waals surface area (Å²) in [6.07, 6.45) is 59.6. The Bertz CT molecular complexity index is 1040. The van der Waals surface area contributed by atoms with Crippen LogP contribution in [-0.4, -0.2) is 37.2 Å². The summed E-state index contributed by atoms with van der Waals surface area (Å²) in [5, 5.41) is 0. The lowest BCUT2D eigenvalue weighted by Gasteiger charge is -2.18. The Labute approximate surface area is 425 Å². The van der Waals surface area contributed by atoms with E-state index in [1.165, 1.54) is 238 Å². The second-order valence-electron chi connectivity index (χ2n) is 22.3. The molecule has 0 saturated carbocycles. The van der Waals surface area contributed by atoms with E-state index < -0.39 is 6.10 Å². The third kappa shape index (κ3) is 55.3. The number of hydrogen-bond acceptors (Lipinski definition) is 6. The van der Waals surface area contributed by atoms with Gasteiger partial charge in [0.05, 0.1) is 0 Å². The van der Waals surface area contributed by atoms with E-state index in [1.807, 2.05) is 0 Å². The third-order valence-corrected chi connectivity index (χ3v) is 14.2. The molecule has 0 aliphatic heterocycles. The van der Waals surface area contributed by atoms with Crippen molar-refractivity contribution >= 4 is 17.9 Å². The summed E-state index contributed by atoms with van der Waals surface area (Å²) in [7, 11) is 0. The Morgan fingerprint density at radius 3 is 0.721 bits per heavy atom. The van der Waals surface area contributed by atoms with Crippen LogP contribution in [0.3, 0.4) is 0 Å². The van der Waals surface area contributed by atoms with Gasteiger partial charge in [-0.2, -0.15) is 0 Å². The van der Waals surface area contributed by atoms with Gasteiger partial charge >= 0.3 is 17.9 Å². The van der Waals surface area contributed by atoms with Crippen LogP contribution < -0.4 is 0 Å². The van der Waals surface area contributed by atoms with Gasteiger partial charge in [0.15, 0.2) is 6.10 Å². The first-order chi connectivity index (χ1) is 33.2. The molecule has 1 atom stereocenters. The fourth-order valence-electron chi connectivity index (χ4n) is 9.58. The van der Waals surface area contributed by atoms with Gasteiger partial charge in [-0.25, -0.2) is 0 Å². The van der Waals surface area contributed by atoms with Crippen LogP contribution in [0.5, 0.6) is 0 Å². The first-order valence-corrected chi connectivity index (χ1v) is 30.7. The van der Waals surface area contributed by atoms with Gasteiger partial charge in [0.1, 0.15) is 13.2 Å². The third-order valence-electron chi connectivity index (χ3n) is 14.2. The zero-order valence-corrected chi connectivity index (χ0v) is 46.7. The summed E-state index contributed by atoms with van der Waals surface area (Å²) in [5.74, 6) is 0.857. The molecular weight excluding hydrogens is 841 g/mol. The predicted octanol–water partition coefficient (Wildman–Crippen LogP) is 20.4. The van der Waals surface area contributed by atoms with E-state index in [2.05, 4.69) is 34.6 Å². The summed E-state index contributed by atoms with van der Waals surface area (Å²) in [4.78, 5) is 38.2. The lowest BCUT2D eigenvalue weighted by atomic mass is 10.0. The van der Waals surface area contributed by atoms with Crippen LogP contribution in [0.2, 0.25) is 0 Å². The fourth-order valence-corrected chi connectivity index (χ4v) is 9.58. The van der Waals surface area contributed by atoms with Crippen LogP contribution in [0.15, 0.2) is 0 Å². The molecule has 6 heteroatoms.